The maximum atomic E-state index is 12.6. The second-order valence-corrected chi connectivity index (χ2v) is 8.99. The fourth-order valence-corrected chi connectivity index (χ4v) is 3.98. The van der Waals surface area contributed by atoms with Gasteiger partial charge >= 0.3 is 0 Å². The van der Waals surface area contributed by atoms with Crippen molar-refractivity contribution < 1.29 is 13.2 Å². The molecule has 0 unspecified atom stereocenters. The van der Waals surface area contributed by atoms with Crippen LogP contribution in [0.1, 0.15) is 30.1 Å². The zero-order valence-corrected chi connectivity index (χ0v) is 18.2. The summed E-state index contributed by atoms with van der Waals surface area (Å²) in [6.45, 7) is 2.80. The van der Waals surface area contributed by atoms with Gasteiger partial charge in [-0.1, -0.05) is 35.3 Å². The summed E-state index contributed by atoms with van der Waals surface area (Å²) in [5, 5.41) is 7.04. The molecule has 0 radical (unpaired) electrons. The van der Waals surface area contributed by atoms with Gasteiger partial charge in [-0.15, -0.1) is 0 Å². The Hall–Kier alpha value is -2.65. The molecule has 0 fully saturated rings. The van der Waals surface area contributed by atoms with Gasteiger partial charge in [0.2, 0.25) is 0 Å². The van der Waals surface area contributed by atoms with E-state index in [1.807, 2.05) is 0 Å². The summed E-state index contributed by atoms with van der Waals surface area (Å²) in [6.07, 6.45) is 3.61. The van der Waals surface area contributed by atoms with E-state index in [1.54, 1.807) is 47.3 Å². The number of carbonyl (C=O) groups excluding carboxylic acids is 1. The lowest BCUT2D eigenvalue weighted by molar-refractivity contribution is 0.102. The Morgan fingerprint density at radius 2 is 1.90 bits per heavy atom. The maximum Gasteiger partial charge on any atom is 0.261 e. The fourth-order valence-electron chi connectivity index (χ4n) is 2.67. The molecule has 7 nitrogen and oxygen atoms in total. The van der Waals surface area contributed by atoms with Gasteiger partial charge in [-0.25, -0.2) is 13.1 Å². The van der Waals surface area contributed by atoms with Crippen molar-refractivity contribution in [3.63, 3.8) is 0 Å². The first-order valence-corrected chi connectivity index (χ1v) is 11.4. The van der Waals surface area contributed by atoms with E-state index in [-0.39, 0.29) is 10.8 Å². The van der Waals surface area contributed by atoms with Crippen LogP contribution >= 0.6 is 15.9 Å². The molecule has 1 aromatic heterocycles. The highest BCUT2D eigenvalue weighted by Crippen LogP contribution is 2.20. The van der Waals surface area contributed by atoms with Gasteiger partial charge in [-0.2, -0.15) is 5.10 Å². The summed E-state index contributed by atoms with van der Waals surface area (Å²) in [7, 11) is -3.76. The number of rotatable bonds is 8. The normalized spacial score (nSPS) is 11.2. The van der Waals surface area contributed by atoms with Crippen molar-refractivity contribution in [2.75, 3.05) is 10.0 Å². The van der Waals surface area contributed by atoms with Gasteiger partial charge in [0, 0.05) is 28.3 Å². The number of halogens is 1. The van der Waals surface area contributed by atoms with E-state index in [0.717, 1.165) is 17.3 Å². The van der Waals surface area contributed by atoms with Gasteiger partial charge < -0.3 is 5.32 Å². The predicted molar refractivity (Wildman–Crippen MR) is 116 cm³/mol. The van der Waals surface area contributed by atoms with Crippen LogP contribution in [-0.4, -0.2) is 24.1 Å². The average molecular weight is 477 g/mol. The molecular weight excluding hydrogens is 456 g/mol. The van der Waals surface area contributed by atoms with Gasteiger partial charge in [-0.3, -0.25) is 9.52 Å². The van der Waals surface area contributed by atoms with Gasteiger partial charge in [0.05, 0.1) is 11.1 Å². The molecule has 152 valence electrons. The SMILES string of the molecule is CCCCn1nccc1NC(=O)c1cccc(NS(=O)(=O)c2ccc(Br)cc2)c1. The molecule has 0 aliphatic rings. The molecule has 0 saturated carbocycles. The van der Waals surface area contributed by atoms with Crippen LogP contribution < -0.4 is 10.0 Å². The van der Waals surface area contributed by atoms with Crippen molar-refractivity contribution in [3.05, 3.63) is 70.8 Å². The topological polar surface area (TPSA) is 93.1 Å². The second kappa shape index (κ2) is 9.23. The van der Waals surface area contributed by atoms with E-state index in [2.05, 4.69) is 38.0 Å². The number of anilines is 2. The summed E-state index contributed by atoms with van der Waals surface area (Å²) in [5.41, 5.74) is 0.643. The first-order chi connectivity index (χ1) is 13.9. The molecule has 0 aliphatic heterocycles. The second-order valence-electron chi connectivity index (χ2n) is 6.39. The minimum absolute atomic E-state index is 0.135. The molecule has 9 heteroatoms. The van der Waals surface area contributed by atoms with Crippen LogP contribution in [0, 0.1) is 0 Å². The molecule has 0 spiro atoms. The van der Waals surface area contributed by atoms with Crippen molar-refractivity contribution in [1.29, 1.82) is 0 Å². The minimum atomic E-state index is -3.76. The monoisotopic (exact) mass is 476 g/mol. The third-order valence-corrected chi connectivity index (χ3v) is 6.11. The highest BCUT2D eigenvalue weighted by molar-refractivity contribution is 9.10. The number of carbonyl (C=O) groups is 1. The van der Waals surface area contributed by atoms with Crippen molar-refractivity contribution in [2.45, 2.75) is 31.2 Å². The molecule has 1 heterocycles. The molecular formula is C20H21BrN4O3S. The number of sulfonamides is 1. The molecule has 3 rings (SSSR count). The van der Waals surface area contributed by atoms with Crippen LogP contribution in [0.2, 0.25) is 0 Å². The number of nitrogens with zero attached hydrogens (tertiary/aromatic N) is 2. The van der Waals surface area contributed by atoms with E-state index in [1.165, 1.54) is 18.2 Å². The largest absolute Gasteiger partial charge is 0.307 e. The standard InChI is InChI=1S/C20H21BrN4O3S/c1-2-3-13-25-19(11-12-22-25)23-20(26)15-5-4-6-17(14-15)24-29(27,28)18-9-7-16(21)8-10-18/h4-12,14,24H,2-3,13H2,1H3,(H,23,26). The summed E-state index contributed by atoms with van der Waals surface area (Å²) < 4.78 is 30.1. The zero-order valence-electron chi connectivity index (χ0n) is 15.8. The Labute approximate surface area is 178 Å². The Bertz CT molecular complexity index is 1090. The van der Waals surface area contributed by atoms with Crippen LogP contribution in [0.25, 0.3) is 0 Å². The van der Waals surface area contributed by atoms with E-state index < -0.39 is 10.0 Å². The summed E-state index contributed by atoms with van der Waals surface area (Å²) >= 11 is 3.28. The first-order valence-electron chi connectivity index (χ1n) is 9.10. The number of hydrogen-bond acceptors (Lipinski definition) is 4. The number of nitrogens with one attached hydrogen (secondary N) is 2. The summed E-state index contributed by atoms with van der Waals surface area (Å²) in [5.74, 6) is 0.261. The number of benzene rings is 2. The highest BCUT2D eigenvalue weighted by atomic mass is 79.9. The molecule has 2 N–H and O–H groups in total. The summed E-state index contributed by atoms with van der Waals surface area (Å²) in [6, 6.07) is 14.4. The quantitative estimate of drug-likeness (QED) is 0.500. The number of unbranched alkanes of at least 4 members (excludes halogenated alkanes) is 1. The Morgan fingerprint density at radius 3 is 2.62 bits per heavy atom. The minimum Gasteiger partial charge on any atom is -0.307 e. The Balaban J connectivity index is 1.74. The van der Waals surface area contributed by atoms with Crippen LogP contribution in [0.4, 0.5) is 11.5 Å². The molecule has 0 atom stereocenters. The predicted octanol–water partition coefficient (Wildman–Crippen LogP) is 4.50. The van der Waals surface area contributed by atoms with Crippen molar-refractivity contribution in [2.24, 2.45) is 0 Å². The molecule has 0 bridgehead atoms. The van der Waals surface area contributed by atoms with Crippen LogP contribution in [0.15, 0.2) is 70.2 Å². The molecule has 1 amide bonds. The third kappa shape index (κ3) is 5.45. The van der Waals surface area contributed by atoms with Crippen LogP contribution in [0.5, 0.6) is 0 Å². The van der Waals surface area contributed by atoms with Crippen molar-refractivity contribution >= 4 is 43.4 Å². The van der Waals surface area contributed by atoms with Gasteiger partial charge in [-0.05, 0) is 48.9 Å². The molecule has 3 aromatic rings. The Morgan fingerprint density at radius 1 is 1.14 bits per heavy atom. The maximum absolute atomic E-state index is 12.6. The molecule has 29 heavy (non-hydrogen) atoms. The number of aryl methyl sites for hydroxylation is 1. The van der Waals surface area contributed by atoms with Gasteiger partial charge in [0.1, 0.15) is 5.82 Å². The van der Waals surface area contributed by atoms with Crippen molar-refractivity contribution in [1.82, 2.24) is 9.78 Å². The molecule has 2 aromatic carbocycles. The highest BCUT2D eigenvalue weighted by Gasteiger charge is 2.16. The molecule has 0 saturated heterocycles. The first kappa shape index (κ1) is 21.1. The van der Waals surface area contributed by atoms with Crippen LogP contribution in [0.3, 0.4) is 0 Å². The summed E-state index contributed by atoms with van der Waals surface area (Å²) in [4.78, 5) is 12.8. The number of aromatic nitrogens is 2. The average Bonchev–Trinajstić information content (AvgIpc) is 3.13. The lowest BCUT2D eigenvalue weighted by Crippen LogP contribution is -2.17. The zero-order chi connectivity index (χ0) is 20.9. The number of amides is 1. The van der Waals surface area contributed by atoms with E-state index >= 15 is 0 Å². The van der Waals surface area contributed by atoms with Gasteiger partial charge in [0.15, 0.2) is 0 Å². The van der Waals surface area contributed by atoms with Crippen LogP contribution in [-0.2, 0) is 16.6 Å². The fraction of sp³-hybridized carbons (Fsp3) is 0.200. The van der Waals surface area contributed by atoms with Gasteiger partial charge in [0.25, 0.3) is 15.9 Å². The van der Waals surface area contributed by atoms with E-state index in [4.69, 9.17) is 0 Å². The lowest BCUT2D eigenvalue weighted by Gasteiger charge is -2.11. The van der Waals surface area contributed by atoms with Crippen molar-refractivity contribution in [3.8, 4) is 0 Å². The van der Waals surface area contributed by atoms with E-state index in [0.29, 0.717) is 23.6 Å². The Kier molecular flexibility index (Phi) is 6.71. The lowest BCUT2D eigenvalue weighted by atomic mass is 10.2. The third-order valence-electron chi connectivity index (χ3n) is 4.18. The number of hydrogen-bond donors (Lipinski definition) is 2. The van der Waals surface area contributed by atoms with E-state index in [9.17, 15) is 13.2 Å². The smallest absolute Gasteiger partial charge is 0.261 e. The molecule has 0 aliphatic carbocycles.